The van der Waals surface area contributed by atoms with Crippen molar-refractivity contribution in [2.45, 2.75) is 32.5 Å². The van der Waals surface area contributed by atoms with Gasteiger partial charge in [-0.15, -0.1) is 0 Å². The van der Waals surface area contributed by atoms with Gasteiger partial charge < -0.3 is 10.5 Å². The molecule has 0 fully saturated rings. The summed E-state index contributed by atoms with van der Waals surface area (Å²) < 4.78 is 6.02. The highest BCUT2D eigenvalue weighted by Crippen LogP contribution is 2.38. The van der Waals surface area contributed by atoms with Crippen LogP contribution < -0.4 is 5.73 Å². The van der Waals surface area contributed by atoms with Crippen molar-refractivity contribution in [3.05, 3.63) is 47.8 Å². The van der Waals surface area contributed by atoms with Gasteiger partial charge in [0, 0.05) is 17.5 Å². The van der Waals surface area contributed by atoms with Gasteiger partial charge in [-0.1, -0.05) is 30.3 Å². The molecule has 0 saturated carbocycles. The first-order valence-electron chi connectivity index (χ1n) is 7.66. The summed E-state index contributed by atoms with van der Waals surface area (Å²) in [7, 11) is 0. The van der Waals surface area contributed by atoms with Crippen molar-refractivity contribution in [1.82, 2.24) is 15.0 Å². The number of hydrogen-bond donors (Lipinski definition) is 1. The lowest BCUT2D eigenvalue weighted by atomic mass is 9.88. The van der Waals surface area contributed by atoms with Gasteiger partial charge in [0.05, 0.1) is 23.3 Å². The average molecular weight is 306 g/mol. The molecule has 0 spiro atoms. The second kappa shape index (κ2) is 4.99. The summed E-state index contributed by atoms with van der Waals surface area (Å²) in [5, 5.41) is 0.860. The fourth-order valence-corrected chi connectivity index (χ4v) is 3.16. The summed E-state index contributed by atoms with van der Waals surface area (Å²) in [6.07, 6.45) is 2.23. The van der Waals surface area contributed by atoms with Crippen LogP contribution in [0.5, 0.6) is 0 Å². The predicted octanol–water partition coefficient (Wildman–Crippen LogP) is 3.13. The van der Waals surface area contributed by atoms with Crippen molar-refractivity contribution in [2.24, 2.45) is 0 Å². The Labute approximate surface area is 134 Å². The lowest BCUT2D eigenvalue weighted by Gasteiger charge is -2.33. The van der Waals surface area contributed by atoms with E-state index in [9.17, 15) is 0 Å². The molecule has 2 N–H and O–H groups in total. The molecule has 3 heterocycles. The number of nitrogen functional groups attached to an aromatic ring is 1. The van der Waals surface area contributed by atoms with E-state index in [1.54, 1.807) is 0 Å². The molecule has 2 aromatic heterocycles. The molecule has 23 heavy (non-hydrogen) atoms. The molecule has 1 aliphatic heterocycles. The minimum Gasteiger partial charge on any atom is -0.383 e. The van der Waals surface area contributed by atoms with Gasteiger partial charge in [0.1, 0.15) is 12.1 Å². The van der Waals surface area contributed by atoms with E-state index in [1.807, 2.05) is 18.2 Å². The van der Waals surface area contributed by atoms with Crippen molar-refractivity contribution in [1.29, 1.82) is 0 Å². The highest BCUT2D eigenvalue weighted by atomic mass is 16.5. The molecule has 4 rings (SSSR count). The topological polar surface area (TPSA) is 73.9 Å². The van der Waals surface area contributed by atoms with Gasteiger partial charge in [0.2, 0.25) is 0 Å². The molecule has 1 aliphatic rings. The Bertz CT molecular complexity index is 890. The molecule has 0 bridgehead atoms. The Morgan fingerprint density at radius 1 is 1.09 bits per heavy atom. The summed E-state index contributed by atoms with van der Waals surface area (Å²) in [5.41, 5.74) is 10.8. The van der Waals surface area contributed by atoms with Crippen LogP contribution in [0.4, 0.5) is 5.82 Å². The van der Waals surface area contributed by atoms with Crippen LogP contribution in [0.15, 0.2) is 36.7 Å². The summed E-state index contributed by atoms with van der Waals surface area (Å²) in [5.74, 6) is 0.482. The Morgan fingerprint density at radius 3 is 2.65 bits per heavy atom. The zero-order valence-corrected chi connectivity index (χ0v) is 13.2. The quantitative estimate of drug-likeness (QED) is 0.747. The van der Waals surface area contributed by atoms with Gasteiger partial charge in [-0.25, -0.2) is 15.0 Å². The minimum atomic E-state index is -0.239. The smallest absolute Gasteiger partial charge is 0.165 e. The van der Waals surface area contributed by atoms with Crippen LogP contribution in [-0.4, -0.2) is 20.6 Å². The van der Waals surface area contributed by atoms with E-state index in [-0.39, 0.29) is 5.60 Å². The number of ether oxygens (including phenoxy) is 1. The molecule has 0 saturated heterocycles. The maximum atomic E-state index is 6.13. The highest BCUT2D eigenvalue weighted by Gasteiger charge is 2.31. The lowest BCUT2D eigenvalue weighted by Crippen LogP contribution is -2.32. The molecule has 0 radical (unpaired) electrons. The monoisotopic (exact) mass is 306 g/mol. The van der Waals surface area contributed by atoms with Crippen LogP contribution in [0.2, 0.25) is 0 Å². The second-order valence-electron chi connectivity index (χ2n) is 6.47. The van der Waals surface area contributed by atoms with Crippen molar-refractivity contribution in [3.63, 3.8) is 0 Å². The first kappa shape index (κ1) is 14.1. The standard InChI is InChI=1S/C18H18N4O/c1-18(2)8-12-13(9-23-18)15(11-6-4-3-5-7-11)22-17-14(12)16(19)20-10-21-17/h3-7,10H,8-9H2,1-2H3,(H2,19,20,21,22). The molecule has 5 nitrogen and oxygen atoms in total. The van der Waals surface area contributed by atoms with Crippen molar-refractivity contribution >= 4 is 16.9 Å². The van der Waals surface area contributed by atoms with E-state index in [4.69, 9.17) is 15.5 Å². The Balaban J connectivity index is 2.07. The number of hydrogen-bond acceptors (Lipinski definition) is 5. The van der Waals surface area contributed by atoms with Crippen LogP contribution in [0, 0.1) is 0 Å². The molecule has 3 aromatic rings. The largest absolute Gasteiger partial charge is 0.383 e. The third-order valence-corrected chi connectivity index (χ3v) is 4.28. The van der Waals surface area contributed by atoms with Gasteiger partial charge in [-0.2, -0.15) is 0 Å². The van der Waals surface area contributed by atoms with Crippen molar-refractivity contribution < 1.29 is 4.74 Å². The normalized spacial score (nSPS) is 16.3. The molecule has 0 amide bonds. The number of benzene rings is 1. The molecule has 116 valence electrons. The zero-order valence-electron chi connectivity index (χ0n) is 13.2. The number of nitrogens with zero attached hydrogens (tertiary/aromatic N) is 3. The summed E-state index contributed by atoms with van der Waals surface area (Å²) in [6, 6.07) is 10.1. The maximum absolute atomic E-state index is 6.13. The molecule has 1 aromatic carbocycles. The van der Waals surface area contributed by atoms with Crippen LogP contribution in [-0.2, 0) is 17.8 Å². The van der Waals surface area contributed by atoms with E-state index in [0.29, 0.717) is 18.1 Å². The lowest BCUT2D eigenvalue weighted by molar-refractivity contribution is -0.0395. The maximum Gasteiger partial charge on any atom is 0.165 e. The van der Waals surface area contributed by atoms with E-state index >= 15 is 0 Å². The van der Waals surface area contributed by atoms with Crippen molar-refractivity contribution in [3.8, 4) is 11.3 Å². The Kier molecular flexibility index (Phi) is 3.06. The Hall–Kier alpha value is -2.53. The fourth-order valence-electron chi connectivity index (χ4n) is 3.16. The van der Waals surface area contributed by atoms with Crippen LogP contribution in [0.1, 0.15) is 25.0 Å². The van der Waals surface area contributed by atoms with Crippen LogP contribution >= 0.6 is 0 Å². The Morgan fingerprint density at radius 2 is 1.87 bits per heavy atom. The van der Waals surface area contributed by atoms with E-state index in [2.05, 4.69) is 35.9 Å². The van der Waals surface area contributed by atoms with E-state index in [1.165, 1.54) is 6.33 Å². The fraction of sp³-hybridized carbons (Fsp3) is 0.278. The van der Waals surface area contributed by atoms with Crippen LogP contribution in [0.3, 0.4) is 0 Å². The van der Waals surface area contributed by atoms with E-state index in [0.717, 1.165) is 34.2 Å². The first-order valence-corrected chi connectivity index (χ1v) is 7.66. The molecule has 5 heteroatoms. The van der Waals surface area contributed by atoms with Gasteiger partial charge in [-0.3, -0.25) is 0 Å². The summed E-state index contributed by atoms with van der Waals surface area (Å²) >= 11 is 0. The van der Waals surface area contributed by atoms with Gasteiger partial charge in [-0.05, 0) is 19.4 Å². The SMILES string of the molecule is CC1(C)Cc2c(c(-c3ccccc3)nc3ncnc(N)c23)CO1. The molecule has 0 atom stereocenters. The van der Waals surface area contributed by atoms with Gasteiger partial charge in [0.15, 0.2) is 5.65 Å². The third-order valence-electron chi connectivity index (χ3n) is 4.28. The molecular weight excluding hydrogens is 288 g/mol. The highest BCUT2D eigenvalue weighted by molar-refractivity contribution is 5.92. The van der Waals surface area contributed by atoms with E-state index < -0.39 is 0 Å². The van der Waals surface area contributed by atoms with Gasteiger partial charge in [0.25, 0.3) is 0 Å². The minimum absolute atomic E-state index is 0.239. The van der Waals surface area contributed by atoms with Crippen LogP contribution in [0.25, 0.3) is 22.3 Å². The van der Waals surface area contributed by atoms with Crippen molar-refractivity contribution in [2.75, 3.05) is 5.73 Å². The zero-order chi connectivity index (χ0) is 16.0. The number of rotatable bonds is 1. The summed E-state index contributed by atoms with van der Waals surface area (Å²) in [6.45, 7) is 4.69. The first-order chi connectivity index (χ1) is 11.1. The molecule has 0 aliphatic carbocycles. The average Bonchev–Trinajstić information content (AvgIpc) is 2.54. The van der Waals surface area contributed by atoms with Gasteiger partial charge >= 0.3 is 0 Å². The third kappa shape index (κ3) is 2.33. The number of anilines is 1. The molecular formula is C18H18N4O. The second-order valence-corrected chi connectivity index (χ2v) is 6.47. The summed E-state index contributed by atoms with van der Waals surface area (Å²) in [4.78, 5) is 13.2. The number of aromatic nitrogens is 3. The number of fused-ring (bicyclic) bond motifs is 3. The predicted molar refractivity (Wildman–Crippen MR) is 89.8 cm³/mol. The number of nitrogens with two attached hydrogens (primary N) is 1. The molecule has 0 unspecified atom stereocenters. The number of pyridine rings is 1.